The van der Waals surface area contributed by atoms with Gasteiger partial charge in [0.2, 0.25) is 5.91 Å². The highest BCUT2D eigenvalue weighted by Crippen LogP contribution is 2.31. The maximum Gasteiger partial charge on any atom is 0.263 e. The molecule has 3 aromatic carbocycles. The van der Waals surface area contributed by atoms with Crippen molar-refractivity contribution in [3.63, 3.8) is 0 Å². The second-order valence-electron chi connectivity index (χ2n) is 7.13. The number of anilines is 3. The van der Waals surface area contributed by atoms with Gasteiger partial charge in [-0.3, -0.25) is 9.52 Å². The molecule has 4 N–H and O–H groups in total. The lowest BCUT2D eigenvalue weighted by atomic mass is 10.2. The van der Waals surface area contributed by atoms with Crippen LogP contribution >= 0.6 is 0 Å². The topological polar surface area (TPSA) is 146 Å². The normalized spacial score (nSPS) is 11.1. The Morgan fingerprint density at radius 2 is 1.41 bits per heavy atom. The Labute approximate surface area is 195 Å². The molecule has 4 aromatic rings. The summed E-state index contributed by atoms with van der Waals surface area (Å²) in [5.41, 5.74) is 7.04. The van der Waals surface area contributed by atoms with Crippen molar-refractivity contribution in [2.75, 3.05) is 24.3 Å². The number of hydrogen-bond acceptors (Lipinski definition) is 8. The molecule has 1 aromatic heterocycles. The van der Waals surface area contributed by atoms with Gasteiger partial charge in [0, 0.05) is 29.4 Å². The summed E-state index contributed by atoms with van der Waals surface area (Å²) < 4.78 is 39.2. The van der Waals surface area contributed by atoms with E-state index in [0.717, 1.165) is 0 Å². The number of nitrogens with zero attached hydrogens (tertiary/aromatic N) is 2. The molecule has 0 aliphatic carbocycles. The highest BCUT2D eigenvalue weighted by molar-refractivity contribution is 7.92. The highest BCUT2D eigenvalue weighted by Gasteiger charge is 2.20. The molecule has 0 saturated carbocycles. The third-order valence-electron chi connectivity index (χ3n) is 4.86. The largest absolute Gasteiger partial charge is 0.497 e. The number of aromatic nitrogens is 2. The van der Waals surface area contributed by atoms with Gasteiger partial charge in [0.1, 0.15) is 11.5 Å². The molecule has 0 aliphatic rings. The van der Waals surface area contributed by atoms with Crippen molar-refractivity contribution in [2.24, 2.45) is 5.73 Å². The first-order valence-electron chi connectivity index (χ1n) is 9.98. The number of sulfonamides is 1. The SMILES string of the molecule is COc1cc(Nc2nc3ccccc3nc2NS(=O)(=O)c2ccc(C(N)=O)cc2)cc(OC)c1. The molecule has 0 unspecified atom stereocenters. The Morgan fingerprint density at radius 1 is 0.853 bits per heavy atom. The van der Waals surface area contributed by atoms with Gasteiger partial charge < -0.3 is 20.5 Å². The number of amides is 1. The number of methoxy groups -OCH3 is 2. The number of fused-ring (bicyclic) bond motifs is 1. The molecule has 0 saturated heterocycles. The van der Waals surface area contributed by atoms with E-state index in [4.69, 9.17) is 15.2 Å². The van der Waals surface area contributed by atoms with Crippen molar-refractivity contribution in [2.45, 2.75) is 4.90 Å². The number of hydrogen-bond donors (Lipinski definition) is 3. The van der Waals surface area contributed by atoms with E-state index >= 15 is 0 Å². The summed E-state index contributed by atoms with van der Waals surface area (Å²) in [4.78, 5) is 20.2. The lowest BCUT2D eigenvalue weighted by Crippen LogP contribution is -2.17. The molecule has 11 heteroatoms. The molecule has 0 radical (unpaired) electrons. The third-order valence-corrected chi connectivity index (χ3v) is 6.22. The molecule has 0 atom stereocenters. The Kier molecular flexibility index (Phi) is 6.19. The molecular formula is C23H21N5O5S. The van der Waals surface area contributed by atoms with E-state index in [1.54, 1.807) is 42.5 Å². The molecule has 0 fully saturated rings. The van der Waals surface area contributed by atoms with Crippen molar-refractivity contribution in [3.8, 4) is 11.5 Å². The molecule has 1 heterocycles. The van der Waals surface area contributed by atoms with Crippen molar-refractivity contribution in [1.82, 2.24) is 9.97 Å². The van der Waals surface area contributed by atoms with Crippen LogP contribution in [0.2, 0.25) is 0 Å². The lowest BCUT2D eigenvalue weighted by molar-refractivity contribution is 0.1000. The summed E-state index contributed by atoms with van der Waals surface area (Å²) in [7, 11) is -1.01. The van der Waals surface area contributed by atoms with Crippen LogP contribution in [0.3, 0.4) is 0 Å². The van der Waals surface area contributed by atoms with Crippen LogP contribution in [0.15, 0.2) is 71.6 Å². The van der Waals surface area contributed by atoms with Gasteiger partial charge in [-0.15, -0.1) is 0 Å². The molecule has 0 aliphatic heterocycles. The molecule has 0 bridgehead atoms. The number of rotatable bonds is 8. The fraction of sp³-hybridized carbons (Fsp3) is 0.0870. The number of nitrogens with two attached hydrogens (primary N) is 1. The van der Waals surface area contributed by atoms with Gasteiger partial charge in [-0.1, -0.05) is 12.1 Å². The Balaban J connectivity index is 1.76. The summed E-state index contributed by atoms with van der Waals surface area (Å²) in [6, 6.07) is 17.4. The van der Waals surface area contributed by atoms with Crippen molar-refractivity contribution < 1.29 is 22.7 Å². The number of primary amides is 1. The predicted molar refractivity (Wildman–Crippen MR) is 128 cm³/mol. The molecular weight excluding hydrogens is 458 g/mol. The van der Waals surface area contributed by atoms with Crippen molar-refractivity contribution >= 4 is 44.3 Å². The third kappa shape index (κ3) is 4.84. The lowest BCUT2D eigenvalue weighted by Gasteiger charge is -2.15. The monoisotopic (exact) mass is 479 g/mol. The van der Waals surface area contributed by atoms with E-state index in [1.165, 1.54) is 38.5 Å². The van der Waals surface area contributed by atoms with Gasteiger partial charge in [0.15, 0.2) is 11.6 Å². The smallest absolute Gasteiger partial charge is 0.263 e. The maximum atomic E-state index is 13.1. The summed E-state index contributed by atoms with van der Waals surface area (Å²) in [5.74, 6) is 0.572. The number of para-hydroxylation sites is 2. The van der Waals surface area contributed by atoms with Crippen LogP contribution in [0.25, 0.3) is 11.0 Å². The zero-order valence-electron chi connectivity index (χ0n) is 18.3. The van der Waals surface area contributed by atoms with E-state index in [-0.39, 0.29) is 22.1 Å². The van der Waals surface area contributed by atoms with Gasteiger partial charge >= 0.3 is 0 Å². The summed E-state index contributed by atoms with van der Waals surface area (Å²) in [6.45, 7) is 0. The molecule has 4 rings (SSSR count). The summed E-state index contributed by atoms with van der Waals surface area (Å²) in [6.07, 6.45) is 0. The standard InChI is InChI=1S/C23H21N5O5S/c1-32-16-11-15(12-17(13-16)33-2)25-22-23(27-20-6-4-3-5-19(20)26-22)28-34(30,31)18-9-7-14(8-10-18)21(24)29/h3-13H,1-2H3,(H2,24,29)(H,25,26)(H,27,28). The van der Waals surface area contributed by atoms with Gasteiger partial charge in [-0.05, 0) is 36.4 Å². The van der Waals surface area contributed by atoms with Gasteiger partial charge in [0.05, 0.1) is 30.1 Å². The second-order valence-corrected chi connectivity index (χ2v) is 8.81. The minimum absolute atomic E-state index is 0.0144. The van der Waals surface area contributed by atoms with E-state index in [0.29, 0.717) is 28.2 Å². The minimum atomic E-state index is -4.06. The van der Waals surface area contributed by atoms with Crippen molar-refractivity contribution in [1.29, 1.82) is 0 Å². The van der Waals surface area contributed by atoms with Crippen LogP contribution in [-0.4, -0.2) is 38.5 Å². The maximum absolute atomic E-state index is 13.1. The first-order chi connectivity index (χ1) is 16.3. The predicted octanol–water partition coefficient (Wildman–Crippen LogP) is 3.29. The number of carbonyl (C=O) groups is 1. The number of nitrogens with one attached hydrogen (secondary N) is 2. The van der Waals surface area contributed by atoms with Crippen LogP contribution in [0.5, 0.6) is 11.5 Å². The molecule has 0 spiro atoms. The zero-order valence-corrected chi connectivity index (χ0v) is 19.1. The van der Waals surface area contributed by atoms with Crippen molar-refractivity contribution in [3.05, 3.63) is 72.3 Å². The van der Waals surface area contributed by atoms with Crippen LogP contribution in [0, 0.1) is 0 Å². The van der Waals surface area contributed by atoms with Gasteiger partial charge in [-0.2, -0.15) is 0 Å². The van der Waals surface area contributed by atoms with Gasteiger partial charge in [-0.25, -0.2) is 18.4 Å². The molecule has 10 nitrogen and oxygen atoms in total. The van der Waals surface area contributed by atoms with E-state index in [2.05, 4.69) is 20.0 Å². The number of carbonyl (C=O) groups excluding carboxylic acids is 1. The first-order valence-corrected chi connectivity index (χ1v) is 11.5. The van der Waals surface area contributed by atoms with Crippen LogP contribution in [0.1, 0.15) is 10.4 Å². The Hall–Kier alpha value is -4.38. The summed E-state index contributed by atoms with van der Waals surface area (Å²) in [5, 5.41) is 3.09. The highest BCUT2D eigenvalue weighted by atomic mass is 32.2. The molecule has 34 heavy (non-hydrogen) atoms. The quantitative estimate of drug-likeness (QED) is 0.349. The van der Waals surface area contributed by atoms with E-state index in [1.807, 2.05) is 0 Å². The summed E-state index contributed by atoms with van der Waals surface area (Å²) >= 11 is 0. The number of benzene rings is 3. The molecule has 174 valence electrons. The zero-order chi connectivity index (χ0) is 24.3. The van der Waals surface area contributed by atoms with Crippen LogP contribution in [0.4, 0.5) is 17.3 Å². The van der Waals surface area contributed by atoms with Crippen LogP contribution < -0.4 is 25.2 Å². The fourth-order valence-corrected chi connectivity index (χ4v) is 4.17. The van der Waals surface area contributed by atoms with E-state index in [9.17, 15) is 13.2 Å². The Morgan fingerprint density at radius 3 is 1.94 bits per heavy atom. The minimum Gasteiger partial charge on any atom is -0.497 e. The average Bonchev–Trinajstić information content (AvgIpc) is 2.84. The Bertz CT molecular complexity index is 1450. The van der Waals surface area contributed by atoms with Crippen LogP contribution in [-0.2, 0) is 10.0 Å². The molecule has 1 amide bonds. The van der Waals surface area contributed by atoms with Gasteiger partial charge in [0.25, 0.3) is 10.0 Å². The second kappa shape index (κ2) is 9.24. The fourth-order valence-electron chi connectivity index (χ4n) is 3.16. The average molecular weight is 480 g/mol. The number of ether oxygens (including phenoxy) is 2. The first kappa shape index (κ1) is 22.8. The van der Waals surface area contributed by atoms with E-state index < -0.39 is 15.9 Å².